The molecule has 0 aliphatic carbocycles. The van der Waals surface area contributed by atoms with Crippen LogP contribution >= 0.6 is 0 Å². The first-order chi connectivity index (χ1) is 15.1. The molecule has 0 bridgehead atoms. The maximum atomic E-state index is 12.9. The Balaban J connectivity index is 1.51. The molecule has 174 valence electrons. The molecule has 1 fully saturated rings. The van der Waals surface area contributed by atoms with Crippen molar-refractivity contribution in [3.8, 4) is 5.75 Å². The standard InChI is InChI=1S/C21H28N4O6S/c1-15(26)16-4-3-5-18(10-16)31-14-17(27)12-24-6-8-25(9-7-24)32(29,30)19-11-20(21(22)28)23(2)13-19/h3-5,10-11,13,17,27H,6-9,12,14H2,1-2H3,(H2,22,28)/t17-/m0/s1. The molecule has 2 heterocycles. The molecule has 3 N–H and O–H groups in total. The average molecular weight is 465 g/mol. The Hall–Kier alpha value is -2.73. The molecule has 0 saturated carbocycles. The lowest BCUT2D eigenvalue weighted by atomic mass is 10.1. The zero-order valence-corrected chi connectivity index (χ0v) is 18.9. The number of β-amino-alcohol motifs (C(OH)–C–C–N with tert-alkyl or cyclic N) is 1. The van der Waals surface area contributed by atoms with Gasteiger partial charge in [0.1, 0.15) is 29.0 Å². The van der Waals surface area contributed by atoms with Gasteiger partial charge < -0.3 is 20.1 Å². The number of ether oxygens (including phenoxy) is 1. The van der Waals surface area contributed by atoms with E-state index in [2.05, 4.69) is 0 Å². The third-order valence-corrected chi connectivity index (χ3v) is 7.22. The van der Waals surface area contributed by atoms with Crippen LogP contribution in [0.2, 0.25) is 0 Å². The van der Waals surface area contributed by atoms with Crippen molar-refractivity contribution in [1.82, 2.24) is 13.8 Å². The Morgan fingerprint density at radius 1 is 1.19 bits per heavy atom. The van der Waals surface area contributed by atoms with Crippen molar-refractivity contribution in [1.29, 1.82) is 0 Å². The van der Waals surface area contributed by atoms with Gasteiger partial charge in [-0.25, -0.2) is 8.42 Å². The van der Waals surface area contributed by atoms with Crippen molar-refractivity contribution < 1.29 is 27.9 Å². The number of benzene rings is 1. The van der Waals surface area contributed by atoms with Crippen LogP contribution in [0.15, 0.2) is 41.4 Å². The molecule has 3 rings (SSSR count). The topological polar surface area (TPSA) is 135 Å². The molecule has 11 heteroatoms. The molecule has 0 radical (unpaired) electrons. The molecule has 0 unspecified atom stereocenters. The third-order valence-electron chi connectivity index (χ3n) is 5.35. The summed E-state index contributed by atoms with van der Waals surface area (Å²) in [6.45, 7) is 3.28. The maximum Gasteiger partial charge on any atom is 0.265 e. The third kappa shape index (κ3) is 5.54. The number of nitrogens with zero attached hydrogens (tertiary/aromatic N) is 3. The monoisotopic (exact) mass is 464 g/mol. The van der Waals surface area contributed by atoms with Gasteiger partial charge in [0.2, 0.25) is 10.0 Å². The van der Waals surface area contributed by atoms with Crippen LogP contribution in [-0.4, -0.2) is 84.4 Å². The van der Waals surface area contributed by atoms with E-state index in [9.17, 15) is 23.1 Å². The van der Waals surface area contributed by atoms with Crippen molar-refractivity contribution in [2.75, 3.05) is 39.3 Å². The highest BCUT2D eigenvalue weighted by Gasteiger charge is 2.30. The summed E-state index contributed by atoms with van der Waals surface area (Å²) < 4.78 is 34.1. The van der Waals surface area contributed by atoms with E-state index in [1.807, 2.05) is 4.90 Å². The summed E-state index contributed by atoms with van der Waals surface area (Å²) in [5.74, 6) is -0.251. The summed E-state index contributed by atoms with van der Waals surface area (Å²) in [6, 6.07) is 8.05. The van der Waals surface area contributed by atoms with Crippen molar-refractivity contribution in [3.05, 3.63) is 47.8 Å². The Labute approximate surface area is 187 Å². The quantitative estimate of drug-likeness (QED) is 0.502. The molecule has 1 aromatic carbocycles. The van der Waals surface area contributed by atoms with Crippen molar-refractivity contribution in [2.24, 2.45) is 12.8 Å². The zero-order chi connectivity index (χ0) is 23.5. The van der Waals surface area contributed by atoms with Crippen LogP contribution in [-0.2, 0) is 17.1 Å². The highest BCUT2D eigenvalue weighted by Crippen LogP contribution is 2.20. The van der Waals surface area contributed by atoms with E-state index in [0.717, 1.165) is 0 Å². The summed E-state index contributed by atoms with van der Waals surface area (Å²) in [6.07, 6.45) is 0.607. The fourth-order valence-corrected chi connectivity index (χ4v) is 5.06. The number of hydrogen-bond donors (Lipinski definition) is 2. The van der Waals surface area contributed by atoms with E-state index in [1.165, 1.54) is 28.1 Å². The summed E-state index contributed by atoms with van der Waals surface area (Å²) in [7, 11) is -2.18. The number of Topliss-reactive ketones (excluding diaryl/α,β-unsaturated/α-hetero) is 1. The largest absolute Gasteiger partial charge is 0.491 e. The number of ketones is 1. The van der Waals surface area contributed by atoms with E-state index in [-0.39, 0.29) is 36.1 Å². The number of carbonyl (C=O) groups is 2. The second-order valence-electron chi connectivity index (χ2n) is 7.79. The minimum absolute atomic E-state index is 0.0310. The minimum atomic E-state index is -3.74. The number of sulfonamides is 1. The van der Waals surface area contributed by atoms with Gasteiger partial charge in [-0.05, 0) is 25.1 Å². The number of aryl methyl sites for hydroxylation is 1. The fraction of sp³-hybridized carbons (Fsp3) is 0.429. The van der Waals surface area contributed by atoms with Gasteiger partial charge in [-0.1, -0.05) is 12.1 Å². The predicted octanol–water partition coefficient (Wildman–Crippen LogP) is 0.0728. The summed E-state index contributed by atoms with van der Waals surface area (Å²) in [5.41, 5.74) is 5.93. The highest BCUT2D eigenvalue weighted by atomic mass is 32.2. The van der Waals surface area contributed by atoms with Gasteiger partial charge in [-0.2, -0.15) is 4.31 Å². The van der Waals surface area contributed by atoms with Gasteiger partial charge >= 0.3 is 0 Å². The van der Waals surface area contributed by atoms with Crippen molar-refractivity contribution in [3.63, 3.8) is 0 Å². The van der Waals surface area contributed by atoms with Crippen LogP contribution in [0, 0.1) is 0 Å². The number of nitrogens with two attached hydrogens (primary N) is 1. The first-order valence-corrected chi connectivity index (χ1v) is 11.6. The van der Waals surface area contributed by atoms with E-state index in [0.29, 0.717) is 30.9 Å². The van der Waals surface area contributed by atoms with E-state index in [1.54, 1.807) is 31.3 Å². The maximum absolute atomic E-state index is 12.9. The number of amides is 1. The molecular formula is C21H28N4O6S. The molecule has 2 aromatic rings. The number of aliphatic hydroxyl groups excluding tert-OH is 1. The fourth-order valence-electron chi connectivity index (χ4n) is 3.57. The average Bonchev–Trinajstić information content (AvgIpc) is 3.16. The Kier molecular flexibility index (Phi) is 7.34. The lowest BCUT2D eigenvalue weighted by Gasteiger charge is -2.34. The molecule has 1 aliphatic heterocycles. The Bertz CT molecular complexity index is 1090. The zero-order valence-electron chi connectivity index (χ0n) is 18.1. The number of aliphatic hydroxyl groups is 1. The van der Waals surface area contributed by atoms with Crippen LogP contribution in [0.3, 0.4) is 0 Å². The second kappa shape index (κ2) is 9.82. The number of piperazine rings is 1. The SMILES string of the molecule is CC(=O)c1cccc(OC[C@@H](O)CN2CCN(S(=O)(=O)c3cc(C(N)=O)n(C)c3)CC2)c1. The Morgan fingerprint density at radius 3 is 2.47 bits per heavy atom. The van der Waals surface area contributed by atoms with Crippen LogP contribution in [0.4, 0.5) is 0 Å². The summed E-state index contributed by atoms with van der Waals surface area (Å²) in [4.78, 5) is 24.9. The molecule has 1 saturated heterocycles. The van der Waals surface area contributed by atoms with Crippen LogP contribution in [0.25, 0.3) is 0 Å². The molecule has 32 heavy (non-hydrogen) atoms. The first kappa shape index (κ1) is 23.9. The van der Waals surface area contributed by atoms with Crippen molar-refractivity contribution in [2.45, 2.75) is 17.9 Å². The summed E-state index contributed by atoms with van der Waals surface area (Å²) in [5, 5.41) is 10.3. The van der Waals surface area contributed by atoms with Gasteiger partial charge in [0.05, 0.1) is 0 Å². The normalized spacial score (nSPS) is 16.6. The van der Waals surface area contributed by atoms with Gasteiger partial charge in [0.25, 0.3) is 5.91 Å². The number of rotatable bonds is 9. The lowest BCUT2D eigenvalue weighted by Crippen LogP contribution is -2.50. The smallest absolute Gasteiger partial charge is 0.265 e. The van der Waals surface area contributed by atoms with Crippen LogP contribution < -0.4 is 10.5 Å². The van der Waals surface area contributed by atoms with E-state index < -0.39 is 22.0 Å². The number of primary amides is 1. The number of aromatic nitrogens is 1. The van der Waals surface area contributed by atoms with Crippen LogP contribution in [0.5, 0.6) is 5.75 Å². The van der Waals surface area contributed by atoms with E-state index >= 15 is 0 Å². The molecule has 1 amide bonds. The molecular weight excluding hydrogens is 436 g/mol. The molecule has 1 aromatic heterocycles. The van der Waals surface area contributed by atoms with Gasteiger partial charge in [0.15, 0.2) is 5.78 Å². The Morgan fingerprint density at radius 2 is 1.88 bits per heavy atom. The van der Waals surface area contributed by atoms with Gasteiger partial charge in [-0.3, -0.25) is 14.5 Å². The number of carbonyl (C=O) groups excluding carboxylic acids is 2. The molecule has 10 nitrogen and oxygen atoms in total. The molecule has 1 atom stereocenters. The number of hydrogen-bond acceptors (Lipinski definition) is 7. The second-order valence-corrected chi connectivity index (χ2v) is 9.73. The van der Waals surface area contributed by atoms with Crippen molar-refractivity contribution >= 4 is 21.7 Å². The highest BCUT2D eigenvalue weighted by molar-refractivity contribution is 7.89. The minimum Gasteiger partial charge on any atom is -0.491 e. The lowest BCUT2D eigenvalue weighted by molar-refractivity contribution is 0.0569. The van der Waals surface area contributed by atoms with Gasteiger partial charge in [-0.15, -0.1) is 0 Å². The van der Waals surface area contributed by atoms with Gasteiger partial charge in [0, 0.05) is 51.5 Å². The predicted molar refractivity (Wildman–Crippen MR) is 117 cm³/mol. The van der Waals surface area contributed by atoms with Crippen LogP contribution in [0.1, 0.15) is 27.8 Å². The molecule has 1 aliphatic rings. The molecule has 0 spiro atoms. The summed E-state index contributed by atoms with van der Waals surface area (Å²) >= 11 is 0. The van der Waals surface area contributed by atoms with E-state index in [4.69, 9.17) is 10.5 Å². The first-order valence-electron chi connectivity index (χ1n) is 10.2.